The van der Waals surface area contributed by atoms with Crippen LogP contribution in [0.1, 0.15) is 19.4 Å². The maximum Gasteiger partial charge on any atom is 0.257 e. The summed E-state index contributed by atoms with van der Waals surface area (Å²) in [4.78, 5) is 23.4. The van der Waals surface area contributed by atoms with Crippen LogP contribution in [0.5, 0.6) is 5.75 Å². The summed E-state index contributed by atoms with van der Waals surface area (Å²) in [6, 6.07) is 7.30. The van der Waals surface area contributed by atoms with Crippen molar-refractivity contribution in [3.63, 3.8) is 0 Å². The zero-order valence-electron chi connectivity index (χ0n) is 12.7. The van der Waals surface area contributed by atoms with E-state index in [0.717, 1.165) is 5.56 Å². The quantitative estimate of drug-likeness (QED) is 0.679. The molecule has 0 atom stereocenters. The maximum atomic E-state index is 11.8. The number of amides is 2. The molecule has 0 aliphatic rings. The van der Waals surface area contributed by atoms with Gasteiger partial charge in [-0.15, -0.1) is 0 Å². The number of hydrogen-bond acceptors (Lipinski definition) is 4. The van der Waals surface area contributed by atoms with Crippen molar-refractivity contribution in [2.24, 2.45) is 11.1 Å². The Morgan fingerprint density at radius 2 is 1.95 bits per heavy atom. The fourth-order valence-electron chi connectivity index (χ4n) is 1.75. The topological polar surface area (TPSA) is 93.5 Å². The molecule has 0 bridgehead atoms. The molecule has 0 radical (unpaired) electrons. The van der Waals surface area contributed by atoms with Gasteiger partial charge in [-0.25, -0.2) is 0 Å². The summed E-state index contributed by atoms with van der Waals surface area (Å²) >= 11 is 0. The number of ether oxygens (including phenoxy) is 1. The van der Waals surface area contributed by atoms with Crippen molar-refractivity contribution >= 4 is 11.8 Å². The highest BCUT2D eigenvalue weighted by molar-refractivity contribution is 5.83. The Labute approximate surface area is 125 Å². The number of carbonyl (C=O) groups is 2. The molecule has 0 aromatic heterocycles. The molecule has 1 aromatic rings. The van der Waals surface area contributed by atoms with Crippen molar-refractivity contribution in [1.29, 1.82) is 0 Å². The molecule has 0 spiro atoms. The Bertz CT molecular complexity index is 501. The van der Waals surface area contributed by atoms with E-state index in [2.05, 4.69) is 10.6 Å². The van der Waals surface area contributed by atoms with Crippen molar-refractivity contribution in [2.45, 2.75) is 20.4 Å². The van der Waals surface area contributed by atoms with Crippen LogP contribution in [0.25, 0.3) is 0 Å². The SMILES string of the molecule is CNC(=O)C(C)(C)CNC(=O)COc1ccccc1CN. The molecule has 0 fully saturated rings. The molecule has 2 amide bonds. The first-order valence-electron chi connectivity index (χ1n) is 6.80. The molecule has 1 rings (SSSR count). The monoisotopic (exact) mass is 293 g/mol. The number of rotatable bonds is 7. The van der Waals surface area contributed by atoms with Crippen molar-refractivity contribution in [2.75, 3.05) is 20.2 Å². The minimum absolute atomic E-state index is 0.110. The summed E-state index contributed by atoms with van der Waals surface area (Å²) in [7, 11) is 1.57. The Morgan fingerprint density at radius 1 is 1.29 bits per heavy atom. The first-order chi connectivity index (χ1) is 9.90. The Morgan fingerprint density at radius 3 is 2.57 bits per heavy atom. The van der Waals surface area contributed by atoms with Crippen LogP contribution in [0.3, 0.4) is 0 Å². The van der Waals surface area contributed by atoms with Crippen molar-refractivity contribution in [1.82, 2.24) is 10.6 Å². The molecule has 1 aromatic carbocycles. The summed E-state index contributed by atoms with van der Waals surface area (Å²) in [6.07, 6.45) is 0. The molecule has 0 unspecified atom stereocenters. The molecular formula is C15H23N3O3. The lowest BCUT2D eigenvalue weighted by molar-refractivity contribution is -0.129. The van der Waals surface area contributed by atoms with E-state index in [4.69, 9.17) is 10.5 Å². The van der Waals surface area contributed by atoms with Gasteiger partial charge in [-0.1, -0.05) is 18.2 Å². The fourth-order valence-corrected chi connectivity index (χ4v) is 1.75. The van der Waals surface area contributed by atoms with Crippen LogP contribution >= 0.6 is 0 Å². The summed E-state index contributed by atoms with van der Waals surface area (Å²) in [5.41, 5.74) is 5.77. The van der Waals surface area contributed by atoms with Crippen LogP contribution in [-0.4, -0.2) is 32.0 Å². The van der Waals surface area contributed by atoms with Crippen molar-refractivity contribution in [3.8, 4) is 5.75 Å². The number of carbonyl (C=O) groups excluding carboxylic acids is 2. The molecule has 6 heteroatoms. The van der Waals surface area contributed by atoms with Crippen LogP contribution in [-0.2, 0) is 16.1 Å². The Hall–Kier alpha value is -2.08. The molecule has 0 aliphatic heterocycles. The molecule has 0 saturated carbocycles. The number of benzene rings is 1. The Kier molecular flexibility index (Phi) is 6.17. The second kappa shape index (κ2) is 7.64. The Balaban J connectivity index is 2.46. The molecule has 0 heterocycles. The number of para-hydroxylation sites is 1. The summed E-state index contributed by atoms with van der Waals surface area (Å²) in [5.74, 6) is 0.191. The van der Waals surface area contributed by atoms with Gasteiger partial charge in [-0.05, 0) is 19.9 Å². The average molecular weight is 293 g/mol. The third kappa shape index (κ3) is 5.07. The van der Waals surface area contributed by atoms with Crippen LogP contribution < -0.4 is 21.1 Å². The van der Waals surface area contributed by atoms with E-state index < -0.39 is 5.41 Å². The summed E-state index contributed by atoms with van der Waals surface area (Å²) < 4.78 is 5.45. The smallest absolute Gasteiger partial charge is 0.257 e. The van der Waals surface area contributed by atoms with Crippen molar-refractivity contribution < 1.29 is 14.3 Å². The molecule has 21 heavy (non-hydrogen) atoms. The zero-order chi connectivity index (χ0) is 15.9. The second-order valence-corrected chi connectivity index (χ2v) is 5.34. The van der Waals surface area contributed by atoms with Crippen molar-refractivity contribution in [3.05, 3.63) is 29.8 Å². The van der Waals surface area contributed by atoms with E-state index >= 15 is 0 Å². The van der Waals surface area contributed by atoms with E-state index in [1.54, 1.807) is 27.0 Å². The fraction of sp³-hybridized carbons (Fsp3) is 0.467. The molecule has 0 saturated heterocycles. The van der Waals surface area contributed by atoms with Gasteiger partial charge >= 0.3 is 0 Å². The van der Waals surface area contributed by atoms with Gasteiger partial charge in [-0.3, -0.25) is 9.59 Å². The molecule has 0 aliphatic carbocycles. The number of nitrogens with two attached hydrogens (primary N) is 1. The van der Waals surface area contributed by atoms with Crippen LogP contribution in [0.15, 0.2) is 24.3 Å². The van der Waals surface area contributed by atoms with Gasteiger partial charge < -0.3 is 21.1 Å². The average Bonchev–Trinajstić information content (AvgIpc) is 2.50. The van der Waals surface area contributed by atoms with Crippen LogP contribution in [0, 0.1) is 5.41 Å². The number of nitrogens with one attached hydrogen (secondary N) is 2. The number of hydrogen-bond donors (Lipinski definition) is 3. The van der Waals surface area contributed by atoms with Gasteiger partial charge in [0.2, 0.25) is 5.91 Å². The van der Waals surface area contributed by atoms with E-state index in [1.165, 1.54) is 0 Å². The first-order valence-corrected chi connectivity index (χ1v) is 6.80. The van der Waals surface area contributed by atoms with E-state index in [9.17, 15) is 9.59 Å². The first kappa shape index (κ1) is 17.0. The zero-order valence-corrected chi connectivity index (χ0v) is 12.7. The predicted octanol–water partition coefficient (Wildman–Crippen LogP) is 0.413. The van der Waals surface area contributed by atoms with E-state index in [0.29, 0.717) is 12.3 Å². The third-order valence-corrected chi connectivity index (χ3v) is 3.12. The lowest BCUT2D eigenvalue weighted by Gasteiger charge is -2.22. The highest BCUT2D eigenvalue weighted by Crippen LogP contribution is 2.17. The predicted molar refractivity (Wildman–Crippen MR) is 80.7 cm³/mol. The minimum atomic E-state index is -0.667. The van der Waals surface area contributed by atoms with E-state index in [-0.39, 0.29) is 25.0 Å². The van der Waals surface area contributed by atoms with Gasteiger partial charge in [0.25, 0.3) is 5.91 Å². The van der Waals surface area contributed by atoms with Gasteiger partial charge in [0.1, 0.15) is 5.75 Å². The van der Waals surface area contributed by atoms with E-state index in [1.807, 2.05) is 18.2 Å². The lowest BCUT2D eigenvalue weighted by Crippen LogP contribution is -2.44. The molecule has 6 nitrogen and oxygen atoms in total. The largest absolute Gasteiger partial charge is 0.483 e. The standard InChI is InChI=1S/C15H23N3O3/c1-15(2,14(20)17-3)10-18-13(19)9-21-12-7-5-4-6-11(12)8-16/h4-7H,8-10,16H2,1-3H3,(H,17,20)(H,18,19). The highest BCUT2D eigenvalue weighted by atomic mass is 16.5. The molecular weight excluding hydrogens is 270 g/mol. The molecule has 116 valence electrons. The van der Waals surface area contributed by atoms with Gasteiger partial charge in [0.05, 0.1) is 5.41 Å². The highest BCUT2D eigenvalue weighted by Gasteiger charge is 2.27. The van der Waals surface area contributed by atoms with Crippen LogP contribution in [0.2, 0.25) is 0 Å². The molecule has 4 N–H and O–H groups in total. The maximum absolute atomic E-state index is 11.8. The minimum Gasteiger partial charge on any atom is -0.483 e. The van der Waals surface area contributed by atoms with Gasteiger partial charge in [0.15, 0.2) is 6.61 Å². The van der Waals surface area contributed by atoms with Crippen LogP contribution in [0.4, 0.5) is 0 Å². The lowest BCUT2D eigenvalue weighted by atomic mass is 9.92. The normalized spacial score (nSPS) is 10.9. The third-order valence-electron chi connectivity index (χ3n) is 3.12. The van der Waals surface area contributed by atoms with Gasteiger partial charge in [0, 0.05) is 25.7 Å². The van der Waals surface area contributed by atoms with Gasteiger partial charge in [-0.2, -0.15) is 0 Å². The second-order valence-electron chi connectivity index (χ2n) is 5.34. The summed E-state index contributed by atoms with van der Waals surface area (Å²) in [6.45, 7) is 4.00. The summed E-state index contributed by atoms with van der Waals surface area (Å²) in [5, 5.41) is 5.26.